The summed E-state index contributed by atoms with van der Waals surface area (Å²) in [6.07, 6.45) is 7.95. The van der Waals surface area contributed by atoms with Gasteiger partial charge in [0.05, 0.1) is 22.9 Å². The van der Waals surface area contributed by atoms with Crippen LogP contribution in [-0.4, -0.2) is 23.9 Å². The van der Waals surface area contributed by atoms with Crippen LogP contribution in [-0.2, 0) is 27.2 Å². The molecule has 0 spiro atoms. The molecule has 0 bridgehead atoms. The molecule has 0 aliphatic heterocycles. The van der Waals surface area contributed by atoms with Crippen molar-refractivity contribution in [3.63, 3.8) is 0 Å². The van der Waals surface area contributed by atoms with E-state index in [1.165, 1.54) is 5.52 Å². The Kier molecular flexibility index (Phi) is 6.23. The standard InChI is InChI=1S/C28H29N5O2/c1-4-5-15-33-19-29-27-23(7-6-8-25(27)33)21-11-9-20(10-12-21)18-35-28-24(17-32(3)30-28)22-13-14-26(34)31(2)16-22/h6-14,16-17,19H,4-5,15,18H2,1-3H3. The van der Waals surface area contributed by atoms with Crippen molar-refractivity contribution in [1.82, 2.24) is 23.9 Å². The van der Waals surface area contributed by atoms with Gasteiger partial charge in [-0.3, -0.25) is 9.48 Å². The number of hydrogen-bond acceptors (Lipinski definition) is 4. The average Bonchev–Trinajstić information content (AvgIpc) is 3.46. The summed E-state index contributed by atoms with van der Waals surface area (Å²) in [5.41, 5.74) is 7.19. The summed E-state index contributed by atoms with van der Waals surface area (Å²) in [5.74, 6) is 0.539. The summed E-state index contributed by atoms with van der Waals surface area (Å²) in [4.78, 5) is 16.5. The van der Waals surface area contributed by atoms with Crippen LogP contribution in [0.2, 0.25) is 0 Å². The second-order valence-electron chi connectivity index (χ2n) is 8.84. The second-order valence-corrected chi connectivity index (χ2v) is 8.84. The summed E-state index contributed by atoms with van der Waals surface area (Å²) in [5, 5.41) is 4.47. The highest BCUT2D eigenvalue weighted by Crippen LogP contribution is 2.30. The molecule has 7 nitrogen and oxygen atoms in total. The van der Waals surface area contributed by atoms with Gasteiger partial charge in [-0.1, -0.05) is 49.7 Å². The molecule has 178 valence electrons. The normalized spacial score (nSPS) is 11.3. The zero-order valence-electron chi connectivity index (χ0n) is 20.3. The monoisotopic (exact) mass is 467 g/mol. The summed E-state index contributed by atoms with van der Waals surface area (Å²) >= 11 is 0. The fraction of sp³-hybridized carbons (Fsp3) is 0.250. The number of pyridine rings is 1. The Bertz CT molecular complexity index is 1530. The first kappa shape index (κ1) is 22.7. The summed E-state index contributed by atoms with van der Waals surface area (Å²) in [6, 6.07) is 18.1. The number of rotatable bonds is 8. The predicted molar refractivity (Wildman–Crippen MR) is 138 cm³/mol. The number of para-hydroxylation sites is 1. The van der Waals surface area contributed by atoms with E-state index in [-0.39, 0.29) is 5.56 Å². The molecule has 7 heteroatoms. The van der Waals surface area contributed by atoms with Crippen molar-refractivity contribution in [3.8, 4) is 28.1 Å². The zero-order valence-corrected chi connectivity index (χ0v) is 20.3. The third kappa shape index (κ3) is 4.62. The average molecular weight is 468 g/mol. The lowest BCUT2D eigenvalue weighted by Crippen LogP contribution is -2.13. The molecule has 0 saturated heterocycles. The second kappa shape index (κ2) is 9.62. The van der Waals surface area contributed by atoms with E-state index in [0.29, 0.717) is 12.5 Å². The molecule has 0 saturated carbocycles. The smallest absolute Gasteiger partial charge is 0.250 e. The summed E-state index contributed by atoms with van der Waals surface area (Å²) < 4.78 is 11.6. The van der Waals surface area contributed by atoms with Crippen LogP contribution < -0.4 is 10.3 Å². The number of aromatic nitrogens is 5. The van der Waals surface area contributed by atoms with E-state index < -0.39 is 0 Å². The van der Waals surface area contributed by atoms with E-state index in [1.807, 2.05) is 19.6 Å². The van der Waals surface area contributed by atoms with Gasteiger partial charge in [0.2, 0.25) is 11.4 Å². The lowest BCUT2D eigenvalue weighted by Gasteiger charge is -2.09. The molecule has 5 aromatic rings. The molecule has 0 aliphatic carbocycles. The minimum atomic E-state index is -0.0522. The molecule has 3 aromatic heterocycles. The van der Waals surface area contributed by atoms with Crippen LogP contribution in [0.3, 0.4) is 0 Å². The van der Waals surface area contributed by atoms with Crippen molar-refractivity contribution in [3.05, 3.63) is 89.2 Å². The molecule has 0 atom stereocenters. The third-order valence-corrected chi connectivity index (χ3v) is 6.24. The first-order chi connectivity index (χ1) is 17.0. The SMILES string of the molecule is CCCCn1cnc2c(-c3ccc(COc4nn(C)cc4-c4ccc(=O)n(C)c4)cc3)cccc21. The van der Waals surface area contributed by atoms with E-state index in [2.05, 4.69) is 59.1 Å². The van der Waals surface area contributed by atoms with Gasteiger partial charge in [-0.25, -0.2) is 4.98 Å². The van der Waals surface area contributed by atoms with Crippen molar-refractivity contribution in [2.75, 3.05) is 0 Å². The zero-order chi connectivity index (χ0) is 24.4. The quantitative estimate of drug-likeness (QED) is 0.315. The van der Waals surface area contributed by atoms with Gasteiger partial charge < -0.3 is 13.9 Å². The number of nitrogens with zero attached hydrogens (tertiary/aromatic N) is 5. The Balaban J connectivity index is 1.35. The fourth-order valence-electron chi connectivity index (χ4n) is 4.29. The van der Waals surface area contributed by atoms with Gasteiger partial charge in [0, 0.05) is 50.2 Å². The largest absolute Gasteiger partial charge is 0.471 e. The molecule has 5 rings (SSSR count). The lowest BCUT2D eigenvalue weighted by molar-refractivity contribution is 0.292. The first-order valence-corrected chi connectivity index (χ1v) is 11.9. The number of hydrogen-bond donors (Lipinski definition) is 0. The van der Waals surface area contributed by atoms with Crippen LogP contribution in [0.25, 0.3) is 33.3 Å². The Hall–Kier alpha value is -4.13. The number of unbranched alkanes of at least 4 members (excludes halogenated alkanes) is 1. The molecule has 0 fully saturated rings. The molecule has 0 unspecified atom stereocenters. The van der Waals surface area contributed by atoms with Crippen molar-refractivity contribution >= 4 is 11.0 Å². The molecule has 35 heavy (non-hydrogen) atoms. The van der Waals surface area contributed by atoms with Crippen LogP contribution in [0, 0.1) is 0 Å². The van der Waals surface area contributed by atoms with E-state index in [9.17, 15) is 4.79 Å². The van der Waals surface area contributed by atoms with E-state index in [0.717, 1.165) is 52.7 Å². The molecule has 0 N–H and O–H groups in total. The van der Waals surface area contributed by atoms with Gasteiger partial charge in [0.25, 0.3) is 0 Å². The van der Waals surface area contributed by atoms with Gasteiger partial charge in [-0.2, -0.15) is 0 Å². The predicted octanol–water partition coefficient (Wildman–Crippen LogP) is 5.18. The number of ether oxygens (including phenoxy) is 1. The number of benzene rings is 2. The van der Waals surface area contributed by atoms with Crippen molar-refractivity contribution in [2.45, 2.75) is 32.9 Å². The number of fused-ring (bicyclic) bond motifs is 1. The molecular weight excluding hydrogens is 438 g/mol. The summed E-state index contributed by atoms with van der Waals surface area (Å²) in [7, 11) is 3.59. The Morgan fingerprint density at radius 1 is 0.914 bits per heavy atom. The van der Waals surface area contributed by atoms with Crippen LogP contribution in [0.1, 0.15) is 25.3 Å². The molecule has 0 aliphatic rings. The Labute approximate surface area is 204 Å². The molecule has 0 radical (unpaired) electrons. The maximum atomic E-state index is 11.8. The van der Waals surface area contributed by atoms with Crippen LogP contribution in [0.5, 0.6) is 5.88 Å². The highest BCUT2D eigenvalue weighted by atomic mass is 16.5. The van der Waals surface area contributed by atoms with E-state index in [1.54, 1.807) is 34.6 Å². The maximum absolute atomic E-state index is 11.8. The van der Waals surface area contributed by atoms with Gasteiger partial charge in [0.1, 0.15) is 6.61 Å². The molecule has 0 amide bonds. The van der Waals surface area contributed by atoms with Gasteiger partial charge in [0.15, 0.2) is 0 Å². The molecule has 2 aromatic carbocycles. The Morgan fingerprint density at radius 2 is 1.71 bits per heavy atom. The highest BCUT2D eigenvalue weighted by Gasteiger charge is 2.13. The lowest BCUT2D eigenvalue weighted by atomic mass is 10.0. The minimum absolute atomic E-state index is 0.0522. The van der Waals surface area contributed by atoms with E-state index >= 15 is 0 Å². The van der Waals surface area contributed by atoms with E-state index in [4.69, 9.17) is 9.72 Å². The topological polar surface area (TPSA) is 66.9 Å². The molecule has 3 heterocycles. The first-order valence-electron chi connectivity index (χ1n) is 11.9. The third-order valence-electron chi connectivity index (χ3n) is 6.24. The van der Waals surface area contributed by atoms with Gasteiger partial charge >= 0.3 is 0 Å². The maximum Gasteiger partial charge on any atom is 0.250 e. The van der Waals surface area contributed by atoms with Crippen molar-refractivity contribution in [2.24, 2.45) is 14.1 Å². The van der Waals surface area contributed by atoms with Crippen molar-refractivity contribution < 1.29 is 4.74 Å². The molecular formula is C28H29N5O2. The minimum Gasteiger partial charge on any atom is -0.471 e. The summed E-state index contributed by atoms with van der Waals surface area (Å²) in [6.45, 7) is 3.59. The van der Waals surface area contributed by atoms with Crippen LogP contribution in [0.15, 0.2) is 78.1 Å². The van der Waals surface area contributed by atoms with Gasteiger partial charge in [-0.15, -0.1) is 5.10 Å². The number of imidazole rings is 1. The van der Waals surface area contributed by atoms with Crippen LogP contribution in [0.4, 0.5) is 0 Å². The van der Waals surface area contributed by atoms with Crippen LogP contribution >= 0.6 is 0 Å². The van der Waals surface area contributed by atoms with Crippen molar-refractivity contribution in [1.29, 1.82) is 0 Å². The number of aryl methyl sites for hydroxylation is 3. The van der Waals surface area contributed by atoms with Gasteiger partial charge in [-0.05, 0) is 29.7 Å². The Morgan fingerprint density at radius 3 is 2.49 bits per heavy atom. The fourth-order valence-corrected chi connectivity index (χ4v) is 4.29. The highest BCUT2D eigenvalue weighted by molar-refractivity contribution is 5.92.